The molecule has 1 aliphatic heterocycles. The molecular formula is C10H19N3O2. The van der Waals surface area contributed by atoms with Gasteiger partial charge in [0.15, 0.2) is 0 Å². The Morgan fingerprint density at radius 1 is 1.47 bits per heavy atom. The van der Waals surface area contributed by atoms with Gasteiger partial charge in [0.2, 0.25) is 11.8 Å². The molecule has 15 heavy (non-hydrogen) atoms. The number of nitrogens with one attached hydrogen (secondary N) is 1. The summed E-state index contributed by atoms with van der Waals surface area (Å²) in [6.45, 7) is 2.08. The number of rotatable bonds is 5. The van der Waals surface area contributed by atoms with Crippen molar-refractivity contribution in [3.63, 3.8) is 0 Å². The topological polar surface area (TPSA) is 75.4 Å². The molecule has 0 atom stereocenters. The van der Waals surface area contributed by atoms with Crippen molar-refractivity contribution >= 4 is 11.8 Å². The summed E-state index contributed by atoms with van der Waals surface area (Å²) in [5.74, 6) is 0.00826. The van der Waals surface area contributed by atoms with Gasteiger partial charge in [0.05, 0.1) is 6.54 Å². The fraction of sp³-hybridized carbons (Fsp3) is 0.800. The van der Waals surface area contributed by atoms with Crippen molar-refractivity contribution in [2.45, 2.75) is 25.7 Å². The highest BCUT2D eigenvalue weighted by molar-refractivity contribution is 5.85. The second-order valence-electron chi connectivity index (χ2n) is 3.76. The van der Waals surface area contributed by atoms with Crippen molar-refractivity contribution in [3.8, 4) is 0 Å². The minimum absolute atomic E-state index is 0.0845. The largest absolute Gasteiger partial charge is 0.355 e. The van der Waals surface area contributed by atoms with Crippen molar-refractivity contribution in [2.75, 3.05) is 26.2 Å². The zero-order valence-corrected chi connectivity index (χ0v) is 9.00. The summed E-state index contributed by atoms with van der Waals surface area (Å²) in [4.78, 5) is 24.4. The Kier molecular flexibility index (Phi) is 5.10. The van der Waals surface area contributed by atoms with Crippen molar-refractivity contribution in [3.05, 3.63) is 0 Å². The maximum atomic E-state index is 11.4. The number of nitrogens with two attached hydrogens (primary N) is 1. The van der Waals surface area contributed by atoms with Gasteiger partial charge in [-0.3, -0.25) is 9.59 Å². The highest BCUT2D eigenvalue weighted by Crippen LogP contribution is 2.09. The van der Waals surface area contributed by atoms with Crippen LogP contribution in [0.4, 0.5) is 0 Å². The Morgan fingerprint density at radius 3 is 2.93 bits per heavy atom. The Balaban J connectivity index is 2.21. The van der Waals surface area contributed by atoms with Gasteiger partial charge in [0.1, 0.15) is 0 Å². The molecule has 0 spiro atoms. The first-order valence-electron chi connectivity index (χ1n) is 5.48. The zero-order valence-electron chi connectivity index (χ0n) is 9.00. The third-order valence-corrected chi connectivity index (χ3v) is 2.46. The summed E-state index contributed by atoms with van der Waals surface area (Å²) in [5, 5.41) is 2.74. The van der Waals surface area contributed by atoms with E-state index in [-0.39, 0.29) is 18.4 Å². The van der Waals surface area contributed by atoms with E-state index in [1.165, 1.54) is 0 Å². The van der Waals surface area contributed by atoms with E-state index in [1.54, 1.807) is 4.90 Å². The SMILES string of the molecule is NCCCNC(=O)CN1CCCCC1=O. The highest BCUT2D eigenvalue weighted by atomic mass is 16.2. The van der Waals surface area contributed by atoms with Crippen LogP contribution in [0.1, 0.15) is 25.7 Å². The van der Waals surface area contributed by atoms with E-state index in [0.717, 1.165) is 19.3 Å². The van der Waals surface area contributed by atoms with E-state index >= 15 is 0 Å². The molecule has 0 aromatic heterocycles. The molecule has 1 fully saturated rings. The molecule has 5 nitrogen and oxygen atoms in total. The number of piperidine rings is 1. The van der Waals surface area contributed by atoms with Gasteiger partial charge in [-0.1, -0.05) is 0 Å². The third kappa shape index (κ3) is 4.29. The predicted molar refractivity (Wildman–Crippen MR) is 57.1 cm³/mol. The maximum absolute atomic E-state index is 11.4. The molecule has 1 saturated heterocycles. The van der Waals surface area contributed by atoms with Gasteiger partial charge in [-0.15, -0.1) is 0 Å². The van der Waals surface area contributed by atoms with E-state index < -0.39 is 0 Å². The second-order valence-corrected chi connectivity index (χ2v) is 3.76. The molecule has 0 saturated carbocycles. The van der Waals surface area contributed by atoms with Crippen LogP contribution in [0, 0.1) is 0 Å². The lowest BCUT2D eigenvalue weighted by Gasteiger charge is -2.25. The lowest BCUT2D eigenvalue weighted by molar-refractivity contribution is -0.137. The summed E-state index contributed by atoms with van der Waals surface area (Å²) in [6, 6.07) is 0. The summed E-state index contributed by atoms with van der Waals surface area (Å²) >= 11 is 0. The molecule has 0 aliphatic carbocycles. The summed E-state index contributed by atoms with van der Waals surface area (Å²) in [5.41, 5.74) is 5.31. The zero-order chi connectivity index (χ0) is 11.1. The van der Waals surface area contributed by atoms with Crippen LogP contribution in [0.2, 0.25) is 0 Å². The number of carbonyl (C=O) groups is 2. The van der Waals surface area contributed by atoms with Crippen LogP contribution in [-0.4, -0.2) is 42.9 Å². The monoisotopic (exact) mass is 213 g/mol. The number of amides is 2. The van der Waals surface area contributed by atoms with Crippen LogP contribution in [0.5, 0.6) is 0 Å². The minimum atomic E-state index is -0.0845. The standard InChI is InChI=1S/C10H19N3O2/c11-5-3-6-12-9(14)8-13-7-2-1-4-10(13)15/h1-8,11H2,(H,12,14). The first-order chi connectivity index (χ1) is 7.24. The molecule has 5 heteroatoms. The Hall–Kier alpha value is -1.10. The van der Waals surface area contributed by atoms with E-state index in [9.17, 15) is 9.59 Å². The molecule has 0 aromatic carbocycles. The van der Waals surface area contributed by atoms with Crippen LogP contribution >= 0.6 is 0 Å². The average molecular weight is 213 g/mol. The lowest BCUT2D eigenvalue weighted by Crippen LogP contribution is -2.43. The van der Waals surface area contributed by atoms with Crippen LogP contribution < -0.4 is 11.1 Å². The van der Waals surface area contributed by atoms with Gasteiger partial charge in [-0.2, -0.15) is 0 Å². The molecule has 0 radical (unpaired) electrons. The van der Waals surface area contributed by atoms with Crippen LogP contribution in [0.25, 0.3) is 0 Å². The number of hydrogen-bond acceptors (Lipinski definition) is 3. The molecule has 1 aliphatic rings. The quantitative estimate of drug-likeness (QED) is 0.602. The highest BCUT2D eigenvalue weighted by Gasteiger charge is 2.19. The molecule has 0 aromatic rings. The molecule has 0 unspecified atom stereocenters. The average Bonchev–Trinajstić information content (AvgIpc) is 2.22. The van der Waals surface area contributed by atoms with E-state index in [0.29, 0.717) is 26.1 Å². The van der Waals surface area contributed by atoms with Gasteiger partial charge < -0.3 is 16.0 Å². The Bertz CT molecular complexity index is 231. The van der Waals surface area contributed by atoms with Gasteiger partial charge in [-0.25, -0.2) is 0 Å². The van der Waals surface area contributed by atoms with Crippen molar-refractivity contribution in [1.82, 2.24) is 10.2 Å². The number of hydrogen-bond donors (Lipinski definition) is 2. The number of likely N-dealkylation sites (tertiary alicyclic amines) is 1. The van der Waals surface area contributed by atoms with Crippen molar-refractivity contribution in [1.29, 1.82) is 0 Å². The molecular weight excluding hydrogens is 194 g/mol. The first-order valence-corrected chi connectivity index (χ1v) is 5.48. The van der Waals surface area contributed by atoms with E-state index in [2.05, 4.69) is 5.32 Å². The fourth-order valence-electron chi connectivity index (χ4n) is 1.59. The van der Waals surface area contributed by atoms with Gasteiger partial charge in [0.25, 0.3) is 0 Å². The summed E-state index contributed by atoms with van der Waals surface area (Å²) in [7, 11) is 0. The predicted octanol–water partition coefficient (Wildman–Crippen LogP) is -0.536. The first kappa shape index (κ1) is 12.0. The molecule has 0 bridgehead atoms. The van der Waals surface area contributed by atoms with Gasteiger partial charge in [-0.05, 0) is 25.8 Å². The summed E-state index contributed by atoms with van der Waals surface area (Å²) < 4.78 is 0. The van der Waals surface area contributed by atoms with Crippen LogP contribution in [0.15, 0.2) is 0 Å². The summed E-state index contributed by atoms with van der Waals surface area (Å²) in [6.07, 6.45) is 3.31. The lowest BCUT2D eigenvalue weighted by atomic mass is 10.1. The molecule has 86 valence electrons. The van der Waals surface area contributed by atoms with Gasteiger partial charge in [0, 0.05) is 19.5 Å². The van der Waals surface area contributed by atoms with Crippen LogP contribution in [0.3, 0.4) is 0 Å². The molecule has 1 rings (SSSR count). The van der Waals surface area contributed by atoms with E-state index in [4.69, 9.17) is 5.73 Å². The number of nitrogens with zero attached hydrogens (tertiary/aromatic N) is 1. The minimum Gasteiger partial charge on any atom is -0.355 e. The van der Waals surface area contributed by atoms with Gasteiger partial charge >= 0.3 is 0 Å². The molecule has 3 N–H and O–H groups in total. The molecule has 2 amide bonds. The smallest absolute Gasteiger partial charge is 0.239 e. The number of carbonyl (C=O) groups excluding carboxylic acids is 2. The third-order valence-electron chi connectivity index (χ3n) is 2.46. The fourth-order valence-corrected chi connectivity index (χ4v) is 1.59. The maximum Gasteiger partial charge on any atom is 0.239 e. The van der Waals surface area contributed by atoms with Crippen molar-refractivity contribution < 1.29 is 9.59 Å². The van der Waals surface area contributed by atoms with Crippen LogP contribution in [-0.2, 0) is 9.59 Å². The Morgan fingerprint density at radius 2 is 2.27 bits per heavy atom. The van der Waals surface area contributed by atoms with Crippen molar-refractivity contribution in [2.24, 2.45) is 5.73 Å². The normalized spacial score (nSPS) is 16.6. The van der Waals surface area contributed by atoms with E-state index in [1.807, 2.05) is 0 Å². The second kappa shape index (κ2) is 6.40. The Labute approximate surface area is 90.0 Å². The molecule has 1 heterocycles.